The third-order valence-corrected chi connectivity index (χ3v) is 3.58. The Balaban J connectivity index is 1.76. The average molecular weight is 308 g/mol. The van der Waals surface area contributed by atoms with E-state index in [-0.39, 0.29) is 12.5 Å². The van der Waals surface area contributed by atoms with Crippen molar-refractivity contribution in [2.24, 2.45) is 0 Å². The van der Waals surface area contributed by atoms with Gasteiger partial charge in [0, 0.05) is 24.2 Å². The highest BCUT2D eigenvalue weighted by molar-refractivity contribution is 6.30. The fraction of sp³-hybridized carbons (Fsp3) is 0.375. The van der Waals surface area contributed by atoms with Crippen molar-refractivity contribution in [2.45, 2.75) is 19.3 Å². The fourth-order valence-electron chi connectivity index (χ4n) is 2.15. The summed E-state index contributed by atoms with van der Waals surface area (Å²) in [7, 11) is 0. The van der Waals surface area contributed by atoms with Gasteiger partial charge in [-0.25, -0.2) is 4.79 Å². The lowest BCUT2D eigenvalue weighted by Gasteiger charge is -2.26. The van der Waals surface area contributed by atoms with Crippen LogP contribution in [0.3, 0.4) is 0 Å². The van der Waals surface area contributed by atoms with Gasteiger partial charge in [0.1, 0.15) is 0 Å². The molecule has 0 saturated carbocycles. The molecule has 0 radical (unpaired) electrons. The van der Waals surface area contributed by atoms with Crippen LogP contribution in [0.25, 0.3) is 6.08 Å². The Morgan fingerprint density at radius 3 is 2.48 bits per heavy atom. The third-order valence-electron chi connectivity index (χ3n) is 3.33. The summed E-state index contributed by atoms with van der Waals surface area (Å²) in [6, 6.07) is 7.08. The Bertz CT molecular complexity index is 519. The minimum atomic E-state index is -0.518. The van der Waals surface area contributed by atoms with E-state index in [1.54, 1.807) is 35.2 Å². The SMILES string of the molecule is O=C(/C=C/c1ccc(Cl)cc1)OCC(=O)N1CCCCC1. The van der Waals surface area contributed by atoms with Gasteiger partial charge in [0.15, 0.2) is 6.61 Å². The van der Waals surface area contributed by atoms with E-state index in [0.717, 1.165) is 37.9 Å². The first-order chi connectivity index (χ1) is 10.1. The predicted octanol–water partition coefficient (Wildman–Crippen LogP) is 2.91. The third kappa shape index (κ3) is 5.23. The monoisotopic (exact) mass is 307 g/mol. The fourth-order valence-corrected chi connectivity index (χ4v) is 2.28. The standard InChI is InChI=1S/C16H18ClNO3/c17-14-7-4-13(5-8-14)6-9-16(20)21-12-15(19)18-10-2-1-3-11-18/h4-9H,1-3,10-12H2/b9-6+. The zero-order chi connectivity index (χ0) is 15.1. The Kier molecular flexibility index (Phi) is 5.81. The van der Waals surface area contributed by atoms with E-state index in [2.05, 4.69) is 0 Å². The van der Waals surface area contributed by atoms with Gasteiger partial charge in [-0.05, 0) is 43.0 Å². The Morgan fingerprint density at radius 2 is 1.81 bits per heavy atom. The van der Waals surface area contributed by atoms with Gasteiger partial charge < -0.3 is 9.64 Å². The van der Waals surface area contributed by atoms with Crippen LogP contribution in [0.2, 0.25) is 5.02 Å². The van der Waals surface area contributed by atoms with E-state index in [9.17, 15) is 9.59 Å². The molecule has 0 aliphatic carbocycles. The predicted molar refractivity (Wildman–Crippen MR) is 81.9 cm³/mol. The van der Waals surface area contributed by atoms with Gasteiger partial charge in [0.25, 0.3) is 5.91 Å². The van der Waals surface area contributed by atoms with Crippen LogP contribution in [0, 0.1) is 0 Å². The molecule has 1 aliphatic rings. The number of hydrogen-bond acceptors (Lipinski definition) is 3. The van der Waals surface area contributed by atoms with Crippen molar-refractivity contribution in [3.63, 3.8) is 0 Å². The summed E-state index contributed by atoms with van der Waals surface area (Å²) in [6.45, 7) is 1.33. The lowest BCUT2D eigenvalue weighted by molar-refractivity contribution is -0.148. The maximum Gasteiger partial charge on any atom is 0.331 e. The van der Waals surface area contributed by atoms with Crippen molar-refractivity contribution in [1.29, 1.82) is 0 Å². The maximum atomic E-state index is 11.8. The number of likely N-dealkylation sites (tertiary alicyclic amines) is 1. The molecule has 1 aromatic carbocycles. The topological polar surface area (TPSA) is 46.6 Å². The summed E-state index contributed by atoms with van der Waals surface area (Å²) in [4.78, 5) is 25.1. The summed E-state index contributed by atoms with van der Waals surface area (Å²) in [6.07, 6.45) is 6.15. The van der Waals surface area contributed by atoms with Crippen LogP contribution in [0.15, 0.2) is 30.3 Å². The van der Waals surface area contributed by atoms with Crippen LogP contribution in [0.4, 0.5) is 0 Å². The van der Waals surface area contributed by atoms with Gasteiger partial charge >= 0.3 is 5.97 Å². The number of rotatable bonds is 4. The molecule has 1 fully saturated rings. The molecule has 1 aliphatic heterocycles. The van der Waals surface area contributed by atoms with Crippen molar-refractivity contribution in [3.05, 3.63) is 40.9 Å². The molecule has 0 spiro atoms. The second kappa shape index (κ2) is 7.84. The Labute approximate surface area is 129 Å². The zero-order valence-corrected chi connectivity index (χ0v) is 12.5. The Morgan fingerprint density at radius 1 is 1.14 bits per heavy atom. The van der Waals surface area contributed by atoms with Crippen LogP contribution in [-0.2, 0) is 14.3 Å². The van der Waals surface area contributed by atoms with Gasteiger partial charge in [-0.1, -0.05) is 23.7 Å². The summed E-state index contributed by atoms with van der Waals surface area (Å²) in [5.74, 6) is -0.641. The zero-order valence-electron chi connectivity index (χ0n) is 11.8. The first-order valence-corrected chi connectivity index (χ1v) is 7.41. The van der Waals surface area contributed by atoms with Crippen molar-refractivity contribution < 1.29 is 14.3 Å². The average Bonchev–Trinajstić information content (AvgIpc) is 2.53. The van der Waals surface area contributed by atoms with Gasteiger partial charge in [0.05, 0.1) is 0 Å². The Hall–Kier alpha value is -1.81. The van der Waals surface area contributed by atoms with Gasteiger partial charge in [-0.15, -0.1) is 0 Å². The number of piperidine rings is 1. The first-order valence-electron chi connectivity index (χ1n) is 7.03. The molecule has 0 atom stereocenters. The highest BCUT2D eigenvalue weighted by Crippen LogP contribution is 2.11. The lowest BCUT2D eigenvalue weighted by atomic mass is 10.1. The molecule has 1 aromatic rings. The van der Waals surface area contributed by atoms with E-state index in [4.69, 9.17) is 16.3 Å². The number of halogens is 1. The summed E-state index contributed by atoms with van der Waals surface area (Å²) >= 11 is 5.77. The highest BCUT2D eigenvalue weighted by atomic mass is 35.5. The largest absolute Gasteiger partial charge is 0.452 e. The second-order valence-corrected chi connectivity index (χ2v) is 5.37. The molecule has 1 heterocycles. The van der Waals surface area contributed by atoms with E-state index < -0.39 is 5.97 Å². The van der Waals surface area contributed by atoms with Crippen LogP contribution in [0.5, 0.6) is 0 Å². The molecule has 1 saturated heterocycles. The van der Waals surface area contributed by atoms with Crippen molar-refractivity contribution in [3.8, 4) is 0 Å². The van der Waals surface area contributed by atoms with E-state index in [0.29, 0.717) is 5.02 Å². The normalized spacial score (nSPS) is 15.2. The van der Waals surface area contributed by atoms with Crippen LogP contribution >= 0.6 is 11.6 Å². The summed E-state index contributed by atoms with van der Waals surface area (Å²) in [5, 5.41) is 0.641. The van der Waals surface area contributed by atoms with E-state index in [1.807, 2.05) is 0 Å². The number of nitrogens with zero attached hydrogens (tertiary/aromatic N) is 1. The molecule has 0 bridgehead atoms. The molecular weight excluding hydrogens is 290 g/mol. The number of amides is 1. The number of esters is 1. The smallest absolute Gasteiger partial charge is 0.331 e. The molecule has 0 unspecified atom stereocenters. The van der Waals surface area contributed by atoms with E-state index in [1.165, 1.54) is 6.08 Å². The van der Waals surface area contributed by atoms with Crippen LogP contribution < -0.4 is 0 Å². The van der Waals surface area contributed by atoms with Gasteiger partial charge in [-0.2, -0.15) is 0 Å². The van der Waals surface area contributed by atoms with Crippen LogP contribution in [-0.4, -0.2) is 36.5 Å². The molecule has 5 heteroatoms. The first kappa shape index (κ1) is 15.6. The number of carbonyl (C=O) groups excluding carboxylic acids is 2. The van der Waals surface area contributed by atoms with Gasteiger partial charge in [-0.3, -0.25) is 4.79 Å². The van der Waals surface area contributed by atoms with Gasteiger partial charge in [0.2, 0.25) is 0 Å². The van der Waals surface area contributed by atoms with Crippen LogP contribution in [0.1, 0.15) is 24.8 Å². The summed E-state index contributed by atoms with van der Waals surface area (Å²) < 4.78 is 4.96. The van der Waals surface area contributed by atoms with Crippen molar-refractivity contribution >= 4 is 29.6 Å². The molecule has 4 nitrogen and oxygen atoms in total. The minimum absolute atomic E-state index is 0.122. The molecule has 112 valence electrons. The second-order valence-electron chi connectivity index (χ2n) is 4.93. The molecule has 21 heavy (non-hydrogen) atoms. The van der Waals surface area contributed by atoms with Crippen molar-refractivity contribution in [2.75, 3.05) is 19.7 Å². The van der Waals surface area contributed by atoms with E-state index >= 15 is 0 Å². The van der Waals surface area contributed by atoms with Crippen molar-refractivity contribution in [1.82, 2.24) is 4.90 Å². The number of ether oxygens (including phenoxy) is 1. The summed E-state index contributed by atoms with van der Waals surface area (Å²) in [5.41, 5.74) is 0.846. The molecule has 0 N–H and O–H groups in total. The molecule has 0 aromatic heterocycles. The quantitative estimate of drug-likeness (QED) is 0.635. The molecular formula is C16H18ClNO3. The lowest BCUT2D eigenvalue weighted by Crippen LogP contribution is -2.38. The minimum Gasteiger partial charge on any atom is -0.452 e. The number of benzene rings is 1. The number of carbonyl (C=O) groups is 2. The maximum absolute atomic E-state index is 11.8. The number of hydrogen-bond donors (Lipinski definition) is 0. The molecule has 2 rings (SSSR count). The molecule has 1 amide bonds. The highest BCUT2D eigenvalue weighted by Gasteiger charge is 2.17.